The summed E-state index contributed by atoms with van der Waals surface area (Å²) in [6, 6.07) is 9.54. The molecular weight excluding hydrogens is 280 g/mol. The second kappa shape index (κ2) is 3.64. The molecule has 0 heterocycles. The lowest BCUT2D eigenvalue weighted by Crippen LogP contribution is -2.15. The standard InChI is InChI=1S/C14H7BrO2/c15-11-3-1-8-7-12-9(5-10(8)6-11)2-4-13(16)14(12)17/h1-7H. The molecule has 0 saturated heterocycles. The van der Waals surface area contributed by atoms with Gasteiger partial charge in [-0.05, 0) is 46.7 Å². The average Bonchev–Trinajstić information content (AvgIpc) is 2.32. The van der Waals surface area contributed by atoms with E-state index in [1.54, 1.807) is 12.1 Å². The molecule has 0 N–H and O–H groups in total. The summed E-state index contributed by atoms with van der Waals surface area (Å²) in [5.74, 6) is -0.874. The predicted octanol–water partition coefficient (Wildman–Crippen LogP) is 3.38. The maximum Gasteiger partial charge on any atom is 0.233 e. The van der Waals surface area contributed by atoms with Crippen LogP contribution in [0.2, 0.25) is 0 Å². The first-order valence-electron chi connectivity index (χ1n) is 5.15. The molecule has 0 radical (unpaired) electrons. The lowest BCUT2D eigenvalue weighted by Gasteiger charge is -2.10. The summed E-state index contributed by atoms with van der Waals surface area (Å²) in [6.45, 7) is 0. The van der Waals surface area contributed by atoms with Crippen LogP contribution in [-0.2, 0) is 4.79 Å². The minimum Gasteiger partial charge on any atom is -0.286 e. The highest BCUT2D eigenvalue weighted by Crippen LogP contribution is 2.26. The van der Waals surface area contributed by atoms with Crippen LogP contribution in [0.15, 0.2) is 40.9 Å². The minimum atomic E-state index is -0.450. The van der Waals surface area contributed by atoms with Crippen LogP contribution in [0.1, 0.15) is 15.9 Å². The van der Waals surface area contributed by atoms with Gasteiger partial charge in [0.1, 0.15) is 0 Å². The van der Waals surface area contributed by atoms with Gasteiger partial charge in [0, 0.05) is 10.0 Å². The maximum absolute atomic E-state index is 11.7. The molecule has 3 rings (SSSR count). The van der Waals surface area contributed by atoms with E-state index in [4.69, 9.17) is 0 Å². The van der Waals surface area contributed by atoms with Crippen LogP contribution in [0.25, 0.3) is 16.8 Å². The minimum absolute atomic E-state index is 0.424. The highest BCUT2D eigenvalue weighted by atomic mass is 79.9. The summed E-state index contributed by atoms with van der Waals surface area (Å²) < 4.78 is 0.993. The van der Waals surface area contributed by atoms with Crippen molar-refractivity contribution in [1.82, 2.24) is 0 Å². The molecule has 0 amide bonds. The number of carbonyl (C=O) groups is 2. The number of rotatable bonds is 0. The molecule has 0 fully saturated rings. The number of benzene rings is 2. The van der Waals surface area contributed by atoms with Crippen molar-refractivity contribution in [1.29, 1.82) is 0 Å². The first-order valence-corrected chi connectivity index (χ1v) is 5.94. The number of Topliss-reactive ketones (excluding diaryl/α,β-unsaturated/α-hetero) is 1. The molecule has 0 aromatic heterocycles. The zero-order valence-electron chi connectivity index (χ0n) is 8.74. The van der Waals surface area contributed by atoms with Crippen LogP contribution in [0.4, 0.5) is 0 Å². The largest absolute Gasteiger partial charge is 0.286 e. The molecule has 1 aliphatic carbocycles. The molecule has 2 nitrogen and oxygen atoms in total. The van der Waals surface area contributed by atoms with E-state index in [0.29, 0.717) is 5.56 Å². The summed E-state index contributed by atoms with van der Waals surface area (Å²) in [5, 5.41) is 2.01. The van der Waals surface area contributed by atoms with Gasteiger partial charge in [-0.25, -0.2) is 0 Å². The van der Waals surface area contributed by atoms with Gasteiger partial charge in [0.15, 0.2) is 0 Å². The Kier molecular flexibility index (Phi) is 2.23. The zero-order valence-corrected chi connectivity index (χ0v) is 10.3. The van der Waals surface area contributed by atoms with Gasteiger partial charge in [-0.1, -0.05) is 28.1 Å². The van der Waals surface area contributed by atoms with Crippen molar-refractivity contribution < 1.29 is 9.59 Å². The SMILES string of the molecule is O=C1C=Cc2cc3cc(Br)ccc3cc2C1=O. The molecule has 0 saturated carbocycles. The molecule has 82 valence electrons. The molecule has 0 atom stereocenters. The van der Waals surface area contributed by atoms with E-state index in [-0.39, 0.29) is 0 Å². The molecule has 17 heavy (non-hydrogen) atoms. The number of fused-ring (bicyclic) bond motifs is 2. The summed E-state index contributed by atoms with van der Waals surface area (Å²) in [4.78, 5) is 23.0. The summed E-state index contributed by atoms with van der Waals surface area (Å²) in [5.41, 5.74) is 1.30. The quantitative estimate of drug-likeness (QED) is 0.696. The molecule has 3 heteroatoms. The van der Waals surface area contributed by atoms with Crippen molar-refractivity contribution in [3.8, 4) is 0 Å². The highest BCUT2D eigenvalue weighted by Gasteiger charge is 2.21. The van der Waals surface area contributed by atoms with Crippen LogP contribution in [0.3, 0.4) is 0 Å². The summed E-state index contributed by atoms with van der Waals surface area (Å²) in [6.07, 6.45) is 3.02. The lowest BCUT2D eigenvalue weighted by molar-refractivity contribution is -0.110. The third kappa shape index (κ3) is 1.63. The van der Waals surface area contributed by atoms with Crippen LogP contribution < -0.4 is 0 Å². The number of hydrogen-bond donors (Lipinski definition) is 0. The lowest BCUT2D eigenvalue weighted by atomic mass is 9.92. The fourth-order valence-electron chi connectivity index (χ4n) is 1.99. The van der Waals surface area contributed by atoms with E-state index in [2.05, 4.69) is 15.9 Å². The number of halogens is 1. The summed E-state index contributed by atoms with van der Waals surface area (Å²) >= 11 is 3.41. The second-order valence-corrected chi connectivity index (χ2v) is 4.87. The first kappa shape index (κ1) is 10.4. The maximum atomic E-state index is 11.7. The van der Waals surface area contributed by atoms with Gasteiger partial charge >= 0.3 is 0 Å². The van der Waals surface area contributed by atoms with Gasteiger partial charge in [-0.3, -0.25) is 9.59 Å². The number of carbonyl (C=O) groups excluding carboxylic acids is 2. The molecular formula is C14H7BrO2. The van der Waals surface area contributed by atoms with Crippen molar-refractivity contribution >= 4 is 44.3 Å². The molecule has 0 aliphatic heterocycles. The van der Waals surface area contributed by atoms with E-state index in [1.165, 1.54) is 6.08 Å². The first-order chi connectivity index (χ1) is 8.15. The topological polar surface area (TPSA) is 34.1 Å². The van der Waals surface area contributed by atoms with E-state index in [9.17, 15) is 9.59 Å². The van der Waals surface area contributed by atoms with Crippen molar-refractivity contribution in [3.05, 3.63) is 52.0 Å². The number of allylic oxidation sites excluding steroid dienone is 1. The van der Waals surface area contributed by atoms with Crippen LogP contribution in [0.5, 0.6) is 0 Å². The van der Waals surface area contributed by atoms with Crippen LogP contribution >= 0.6 is 15.9 Å². The molecule has 0 bridgehead atoms. The zero-order chi connectivity index (χ0) is 12.0. The van der Waals surface area contributed by atoms with E-state index >= 15 is 0 Å². The van der Waals surface area contributed by atoms with E-state index in [1.807, 2.05) is 24.3 Å². The monoisotopic (exact) mass is 286 g/mol. The Hall–Kier alpha value is -1.74. The third-order valence-electron chi connectivity index (χ3n) is 2.85. The third-order valence-corrected chi connectivity index (χ3v) is 3.35. The Labute approximate surface area is 106 Å². The fraction of sp³-hybridized carbons (Fsp3) is 0. The Balaban J connectivity index is 2.35. The molecule has 0 spiro atoms. The fourth-order valence-corrected chi connectivity index (χ4v) is 2.37. The van der Waals surface area contributed by atoms with Gasteiger partial charge in [0.05, 0.1) is 0 Å². The van der Waals surface area contributed by atoms with E-state index < -0.39 is 11.6 Å². The molecule has 1 aliphatic rings. The van der Waals surface area contributed by atoms with Crippen LogP contribution in [-0.4, -0.2) is 11.6 Å². The van der Waals surface area contributed by atoms with Gasteiger partial charge in [-0.15, -0.1) is 0 Å². The Morgan fingerprint density at radius 2 is 1.71 bits per heavy atom. The van der Waals surface area contributed by atoms with Gasteiger partial charge in [0.2, 0.25) is 11.6 Å². The van der Waals surface area contributed by atoms with Gasteiger partial charge in [-0.2, -0.15) is 0 Å². The number of ketones is 2. The predicted molar refractivity (Wildman–Crippen MR) is 70.0 cm³/mol. The smallest absolute Gasteiger partial charge is 0.233 e. The van der Waals surface area contributed by atoms with E-state index in [0.717, 1.165) is 20.8 Å². The molecule has 0 unspecified atom stereocenters. The Bertz CT molecular complexity index is 699. The Morgan fingerprint density at radius 3 is 2.53 bits per heavy atom. The highest BCUT2D eigenvalue weighted by molar-refractivity contribution is 9.10. The molecule has 2 aromatic rings. The normalized spacial score (nSPS) is 14.2. The van der Waals surface area contributed by atoms with Crippen LogP contribution in [0, 0.1) is 0 Å². The number of hydrogen-bond acceptors (Lipinski definition) is 2. The second-order valence-electron chi connectivity index (χ2n) is 3.96. The van der Waals surface area contributed by atoms with Crippen molar-refractivity contribution in [2.75, 3.05) is 0 Å². The average molecular weight is 287 g/mol. The van der Waals surface area contributed by atoms with Gasteiger partial charge in [0.25, 0.3) is 0 Å². The Morgan fingerprint density at radius 1 is 0.882 bits per heavy atom. The van der Waals surface area contributed by atoms with Gasteiger partial charge < -0.3 is 0 Å². The van der Waals surface area contributed by atoms with Crippen molar-refractivity contribution in [2.24, 2.45) is 0 Å². The molecule has 2 aromatic carbocycles. The van der Waals surface area contributed by atoms with Crippen molar-refractivity contribution in [2.45, 2.75) is 0 Å². The van der Waals surface area contributed by atoms with Crippen molar-refractivity contribution in [3.63, 3.8) is 0 Å². The summed E-state index contributed by atoms with van der Waals surface area (Å²) in [7, 11) is 0.